The molecule has 4 heteroatoms. The maximum Gasteiger partial charge on any atom is 0.124 e. The SMILES string of the molecule is CCC(C)C(C)Nc1cc(C)nn1CCO. The van der Waals surface area contributed by atoms with Crippen LogP contribution in [0.15, 0.2) is 6.07 Å². The first-order chi connectivity index (χ1) is 7.58. The number of nitrogens with zero attached hydrogens (tertiary/aromatic N) is 2. The van der Waals surface area contributed by atoms with Crippen LogP contribution in [0.1, 0.15) is 32.9 Å². The number of anilines is 1. The Hall–Kier alpha value is -1.03. The zero-order chi connectivity index (χ0) is 12.1. The van der Waals surface area contributed by atoms with E-state index in [9.17, 15) is 0 Å². The Morgan fingerprint density at radius 2 is 2.19 bits per heavy atom. The monoisotopic (exact) mass is 225 g/mol. The molecule has 16 heavy (non-hydrogen) atoms. The average Bonchev–Trinajstić information content (AvgIpc) is 2.58. The van der Waals surface area contributed by atoms with E-state index in [0.29, 0.717) is 18.5 Å². The second kappa shape index (κ2) is 5.89. The van der Waals surface area contributed by atoms with Crippen LogP contribution >= 0.6 is 0 Å². The highest BCUT2D eigenvalue weighted by Gasteiger charge is 2.12. The average molecular weight is 225 g/mol. The predicted octanol–water partition coefficient (Wildman–Crippen LogP) is 2.03. The van der Waals surface area contributed by atoms with Crippen LogP contribution in [0.4, 0.5) is 5.82 Å². The van der Waals surface area contributed by atoms with Gasteiger partial charge >= 0.3 is 0 Å². The van der Waals surface area contributed by atoms with Crippen LogP contribution in [-0.2, 0) is 6.54 Å². The van der Waals surface area contributed by atoms with E-state index in [2.05, 4.69) is 31.2 Å². The topological polar surface area (TPSA) is 50.1 Å². The van der Waals surface area contributed by atoms with Crippen molar-refractivity contribution in [2.75, 3.05) is 11.9 Å². The number of aryl methyl sites for hydroxylation is 1. The van der Waals surface area contributed by atoms with Crippen molar-refractivity contribution in [2.24, 2.45) is 5.92 Å². The van der Waals surface area contributed by atoms with Crippen molar-refractivity contribution in [3.05, 3.63) is 11.8 Å². The van der Waals surface area contributed by atoms with Crippen LogP contribution in [0.2, 0.25) is 0 Å². The van der Waals surface area contributed by atoms with Crippen molar-refractivity contribution in [1.82, 2.24) is 9.78 Å². The minimum Gasteiger partial charge on any atom is -0.394 e. The molecule has 0 aliphatic carbocycles. The molecule has 1 heterocycles. The summed E-state index contributed by atoms with van der Waals surface area (Å²) in [5, 5.41) is 16.7. The molecule has 92 valence electrons. The van der Waals surface area contributed by atoms with E-state index in [1.165, 1.54) is 0 Å². The van der Waals surface area contributed by atoms with Gasteiger partial charge < -0.3 is 10.4 Å². The van der Waals surface area contributed by atoms with Crippen LogP contribution < -0.4 is 5.32 Å². The smallest absolute Gasteiger partial charge is 0.124 e. The number of hydrogen-bond acceptors (Lipinski definition) is 3. The fraction of sp³-hybridized carbons (Fsp3) is 0.750. The lowest BCUT2D eigenvalue weighted by Crippen LogP contribution is -2.25. The van der Waals surface area contributed by atoms with Crippen LogP contribution in [-0.4, -0.2) is 27.5 Å². The largest absolute Gasteiger partial charge is 0.394 e. The number of rotatable bonds is 6. The summed E-state index contributed by atoms with van der Waals surface area (Å²) < 4.78 is 1.83. The Morgan fingerprint density at radius 3 is 2.75 bits per heavy atom. The second-order valence-electron chi connectivity index (χ2n) is 4.44. The molecule has 2 atom stereocenters. The molecule has 0 aromatic carbocycles. The Morgan fingerprint density at radius 1 is 1.50 bits per heavy atom. The summed E-state index contributed by atoms with van der Waals surface area (Å²) in [5.41, 5.74) is 0.979. The molecule has 2 N–H and O–H groups in total. The number of aliphatic hydroxyl groups excluding tert-OH is 1. The third kappa shape index (κ3) is 3.23. The van der Waals surface area contributed by atoms with Crippen molar-refractivity contribution in [1.29, 1.82) is 0 Å². The molecule has 0 radical (unpaired) electrons. The third-order valence-corrected chi connectivity index (χ3v) is 3.09. The lowest BCUT2D eigenvalue weighted by Gasteiger charge is -2.21. The molecule has 0 fully saturated rings. The van der Waals surface area contributed by atoms with Crippen molar-refractivity contribution in [2.45, 2.75) is 46.7 Å². The molecule has 0 saturated carbocycles. The van der Waals surface area contributed by atoms with Gasteiger partial charge in [0.05, 0.1) is 18.8 Å². The fourth-order valence-corrected chi connectivity index (χ4v) is 1.66. The van der Waals surface area contributed by atoms with Gasteiger partial charge in [0.25, 0.3) is 0 Å². The molecule has 4 nitrogen and oxygen atoms in total. The van der Waals surface area contributed by atoms with E-state index in [4.69, 9.17) is 5.11 Å². The van der Waals surface area contributed by atoms with Gasteiger partial charge in [-0.1, -0.05) is 20.3 Å². The van der Waals surface area contributed by atoms with Gasteiger partial charge in [-0.05, 0) is 19.8 Å². The number of hydrogen-bond donors (Lipinski definition) is 2. The maximum atomic E-state index is 8.95. The van der Waals surface area contributed by atoms with Crippen LogP contribution in [0, 0.1) is 12.8 Å². The lowest BCUT2D eigenvalue weighted by molar-refractivity contribution is 0.270. The van der Waals surface area contributed by atoms with Crippen molar-refractivity contribution >= 4 is 5.82 Å². The molecule has 2 unspecified atom stereocenters. The zero-order valence-electron chi connectivity index (χ0n) is 10.7. The third-order valence-electron chi connectivity index (χ3n) is 3.09. The highest BCUT2D eigenvalue weighted by Crippen LogP contribution is 2.16. The van der Waals surface area contributed by atoms with Gasteiger partial charge in [0.15, 0.2) is 0 Å². The lowest BCUT2D eigenvalue weighted by atomic mass is 10.0. The van der Waals surface area contributed by atoms with Crippen molar-refractivity contribution < 1.29 is 5.11 Å². The van der Waals surface area contributed by atoms with E-state index >= 15 is 0 Å². The van der Waals surface area contributed by atoms with Crippen LogP contribution in [0.25, 0.3) is 0 Å². The molecule has 0 saturated heterocycles. The summed E-state index contributed by atoms with van der Waals surface area (Å²) in [5.74, 6) is 1.62. The van der Waals surface area contributed by atoms with Gasteiger partial charge in [-0.3, -0.25) is 0 Å². The molecular weight excluding hydrogens is 202 g/mol. The Kier molecular flexibility index (Phi) is 4.80. The van der Waals surface area contributed by atoms with Crippen molar-refractivity contribution in [3.8, 4) is 0 Å². The molecule has 0 aliphatic heterocycles. The zero-order valence-corrected chi connectivity index (χ0v) is 10.7. The Bertz CT molecular complexity index is 322. The summed E-state index contributed by atoms with van der Waals surface area (Å²) in [6.07, 6.45) is 1.15. The standard InChI is InChI=1S/C12H23N3O/c1-5-9(2)11(4)13-12-8-10(3)14-15(12)6-7-16/h8-9,11,13,16H,5-7H2,1-4H3. The summed E-state index contributed by atoms with van der Waals surface area (Å²) >= 11 is 0. The second-order valence-corrected chi connectivity index (χ2v) is 4.44. The molecule has 0 spiro atoms. The Labute approximate surface area is 97.7 Å². The first-order valence-electron chi connectivity index (χ1n) is 6.00. The molecule has 0 aliphatic rings. The number of nitrogens with one attached hydrogen (secondary N) is 1. The van der Waals surface area contributed by atoms with E-state index in [-0.39, 0.29) is 6.61 Å². The normalized spacial score (nSPS) is 14.8. The summed E-state index contributed by atoms with van der Waals surface area (Å²) in [6, 6.07) is 2.44. The number of aromatic nitrogens is 2. The Balaban J connectivity index is 2.71. The van der Waals surface area contributed by atoms with Gasteiger partial charge in [-0.25, -0.2) is 4.68 Å². The highest BCUT2D eigenvalue weighted by atomic mass is 16.3. The van der Waals surface area contributed by atoms with E-state index in [0.717, 1.165) is 17.9 Å². The predicted molar refractivity (Wildman–Crippen MR) is 66.6 cm³/mol. The first kappa shape index (κ1) is 13.0. The summed E-state index contributed by atoms with van der Waals surface area (Å²) in [7, 11) is 0. The highest BCUT2D eigenvalue weighted by molar-refractivity contribution is 5.38. The van der Waals surface area contributed by atoms with Gasteiger partial charge in [-0.15, -0.1) is 0 Å². The molecule has 1 aromatic heterocycles. The first-order valence-corrected chi connectivity index (χ1v) is 6.00. The molecule has 1 aromatic rings. The van der Waals surface area contributed by atoms with E-state index in [1.807, 2.05) is 17.7 Å². The van der Waals surface area contributed by atoms with Gasteiger partial charge in [0.2, 0.25) is 0 Å². The molecule has 1 rings (SSSR count). The minimum absolute atomic E-state index is 0.119. The quantitative estimate of drug-likeness (QED) is 0.779. The van der Waals surface area contributed by atoms with Gasteiger partial charge in [-0.2, -0.15) is 5.10 Å². The van der Waals surface area contributed by atoms with Crippen LogP contribution in [0.3, 0.4) is 0 Å². The minimum atomic E-state index is 0.119. The van der Waals surface area contributed by atoms with Crippen molar-refractivity contribution in [3.63, 3.8) is 0 Å². The van der Waals surface area contributed by atoms with Crippen LogP contribution in [0.5, 0.6) is 0 Å². The summed E-state index contributed by atoms with van der Waals surface area (Å²) in [4.78, 5) is 0. The summed E-state index contributed by atoms with van der Waals surface area (Å²) in [6.45, 7) is 9.24. The van der Waals surface area contributed by atoms with Gasteiger partial charge in [0, 0.05) is 12.1 Å². The molecular formula is C12H23N3O. The number of aliphatic hydroxyl groups is 1. The van der Waals surface area contributed by atoms with Gasteiger partial charge in [0.1, 0.15) is 5.82 Å². The maximum absolute atomic E-state index is 8.95. The molecule has 0 bridgehead atoms. The van der Waals surface area contributed by atoms with E-state index in [1.54, 1.807) is 0 Å². The fourth-order valence-electron chi connectivity index (χ4n) is 1.66. The molecule has 0 amide bonds. The van der Waals surface area contributed by atoms with E-state index < -0.39 is 0 Å².